The van der Waals surface area contributed by atoms with Gasteiger partial charge in [-0.05, 0) is 29.7 Å². The number of nitrogens with one attached hydrogen (secondary N) is 2. The summed E-state index contributed by atoms with van der Waals surface area (Å²) in [5.74, 6) is -4.38. The highest BCUT2D eigenvalue weighted by Crippen LogP contribution is 2.26. The number of carbonyl (C=O) groups excluding carboxylic acids is 3. The highest BCUT2D eigenvalue weighted by Gasteiger charge is 2.34. The molecule has 2 amide bonds. The Morgan fingerprint density at radius 3 is 2.16 bits per heavy atom. The van der Waals surface area contributed by atoms with Gasteiger partial charge in [0.2, 0.25) is 17.6 Å². The van der Waals surface area contributed by atoms with Gasteiger partial charge < -0.3 is 20.2 Å². The second-order valence-corrected chi connectivity index (χ2v) is 12.1. The number of nitrogens with zero attached hydrogens (tertiary/aromatic N) is 1. The summed E-state index contributed by atoms with van der Waals surface area (Å²) in [6.07, 6.45) is -0.683. The summed E-state index contributed by atoms with van der Waals surface area (Å²) >= 11 is 0. The van der Waals surface area contributed by atoms with E-state index in [4.69, 9.17) is 9.52 Å². The molecule has 2 atom stereocenters. The minimum atomic E-state index is -4.11. The molecule has 2 unspecified atom stereocenters. The first-order valence-corrected chi connectivity index (χ1v) is 15.3. The molecule has 12 heteroatoms. The Balaban J connectivity index is 1.49. The van der Waals surface area contributed by atoms with E-state index in [9.17, 15) is 27.6 Å². The van der Waals surface area contributed by atoms with Gasteiger partial charge in [0.15, 0.2) is 20.7 Å². The number of aliphatic carboxylic acids is 1. The Bertz CT molecular complexity index is 1650. The molecule has 0 radical (unpaired) electrons. The van der Waals surface area contributed by atoms with Crippen LogP contribution in [0.1, 0.15) is 47.0 Å². The van der Waals surface area contributed by atoms with Gasteiger partial charge in [0, 0.05) is 19.5 Å². The van der Waals surface area contributed by atoms with Gasteiger partial charge in [-0.25, -0.2) is 13.4 Å². The maximum absolute atomic E-state index is 13.5. The number of amides is 2. The van der Waals surface area contributed by atoms with E-state index in [1.54, 1.807) is 84.9 Å². The number of carboxylic acid groups (broad SMARTS) is 1. The highest BCUT2D eigenvalue weighted by atomic mass is 32.2. The first kappa shape index (κ1) is 31.1. The van der Waals surface area contributed by atoms with E-state index in [0.29, 0.717) is 22.2 Å². The predicted octanol–water partition coefficient (Wildman–Crippen LogP) is 3.27. The number of sulfone groups is 1. The molecule has 0 fully saturated rings. The van der Waals surface area contributed by atoms with Gasteiger partial charge in [-0.15, -0.1) is 0 Å². The van der Waals surface area contributed by atoms with E-state index >= 15 is 0 Å². The number of hydrogen-bond acceptors (Lipinski definition) is 8. The van der Waals surface area contributed by atoms with Crippen molar-refractivity contribution in [2.75, 3.05) is 13.1 Å². The van der Waals surface area contributed by atoms with Crippen molar-refractivity contribution in [3.8, 4) is 0 Å². The van der Waals surface area contributed by atoms with Gasteiger partial charge in [-0.1, -0.05) is 72.8 Å². The quantitative estimate of drug-likeness (QED) is 0.172. The second kappa shape index (κ2) is 14.4. The molecule has 1 aromatic heterocycles. The maximum Gasteiger partial charge on any atom is 0.303 e. The van der Waals surface area contributed by atoms with Crippen LogP contribution < -0.4 is 10.6 Å². The SMILES string of the molecule is O=C(O)CCC(=O)NCC(C(=O)NCCC(C(=O)c1nc2ccccc2o1)c1ccccc1)S(=O)(=O)Cc1ccccc1. The normalized spacial score (nSPS) is 12.7. The van der Waals surface area contributed by atoms with Crippen molar-refractivity contribution in [2.24, 2.45) is 0 Å². The summed E-state index contributed by atoms with van der Waals surface area (Å²) in [5, 5.41) is 12.2. The van der Waals surface area contributed by atoms with Crippen LogP contribution in [0.2, 0.25) is 0 Å². The molecule has 224 valence electrons. The van der Waals surface area contributed by atoms with Crippen LogP contribution in [0.25, 0.3) is 11.1 Å². The Hall–Kier alpha value is -4.84. The number of ketones is 1. The topological polar surface area (TPSA) is 173 Å². The minimum absolute atomic E-state index is 0.0608. The molecule has 3 aromatic carbocycles. The summed E-state index contributed by atoms with van der Waals surface area (Å²) in [7, 11) is -4.11. The molecule has 43 heavy (non-hydrogen) atoms. The fraction of sp³-hybridized carbons (Fsp3) is 0.258. The zero-order valence-electron chi connectivity index (χ0n) is 23.1. The lowest BCUT2D eigenvalue weighted by Gasteiger charge is -2.20. The average molecular weight is 606 g/mol. The summed E-state index contributed by atoms with van der Waals surface area (Å²) in [6, 6.07) is 24.2. The smallest absolute Gasteiger partial charge is 0.303 e. The zero-order chi connectivity index (χ0) is 30.8. The average Bonchev–Trinajstić information content (AvgIpc) is 3.43. The van der Waals surface area contributed by atoms with Crippen LogP contribution in [0.5, 0.6) is 0 Å². The number of carboxylic acids is 1. The Labute approximate surface area is 248 Å². The molecule has 0 spiro atoms. The van der Waals surface area contributed by atoms with Crippen LogP contribution in [0.4, 0.5) is 0 Å². The highest BCUT2D eigenvalue weighted by molar-refractivity contribution is 7.92. The standard InChI is InChI=1S/C31H31N3O8S/c35-27(15-16-28(36)37)33-19-26(43(40,41)20-21-9-3-1-4-10-21)30(39)32-18-17-23(22-11-5-2-6-12-22)29(38)31-34-24-13-7-8-14-25(24)42-31/h1-14,23,26H,15-20H2,(H,32,39)(H,33,35)(H,36,37). The lowest BCUT2D eigenvalue weighted by atomic mass is 9.91. The van der Waals surface area contributed by atoms with Crippen molar-refractivity contribution in [3.63, 3.8) is 0 Å². The number of aromatic nitrogens is 1. The van der Waals surface area contributed by atoms with Crippen molar-refractivity contribution in [2.45, 2.75) is 36.2 Å². The van der Waals surface area contributed by atoms with E-state index in [-0.39, 0.29) is 25.3 Å². The van der Waals surface area contributed by atoms with Crippen LogP contribution in [-0.4, -0.2) is 60.4 Å². The molecule has 0 aliphatic carbocycles. The molecular weight excluding hydrogens is 574 g/mol. The van der Waals surface area contributed by atoms with Crippen molar-refractivity contribution in [1.29, 1.82) is 0 Å². The molecular formula is C31H31N3O8S. The fourth-order valence-corrected chi connectivity index (χ4v) is 6.12. The van der Waals surface area contributed by atoms with Crippen LogP contribution in [-0.2, 0) is 30.0 Å². The third-order valence-corrected chi connectivity index (χ3v) is 8.73. The van der Waals surface area contributed by atoms with Crippen LogP contribution in [0.15, 0.2) is 89.3 Å². The van der Waals surface area contributed by atoms with Gasteiger partial charge in [-0.3, -0.25) is 19.2 Å². The maximum atomic E-state index is 13.5. The first-order chi connectivity index (χ1) is 20.6. The lowest BCUT2D eigenvalue weighted by molar-refractivity contribution is -0.138. The summed E-state index contributed by atoms with van der Waals surface area (Å²) in [5.41, 5.74) is 2.12. The number of benzene rings is 3. The molecule has 0 saturated heterocycles. The van der Waals surface area contributed by atoms with Gasteiger partial charge in [0.1, 0.15) is 5.52 Å². The van der Waals surface area contributed by atoms with Crippen LogP contribution >= 0.6 is 0 Å². The van der Waals surface area contributed by atoms with E-state index in [2.05, 4.69) is 15.6 Å². The van der Waals surface area contributed by atoms with E-state index in [1.807, 2.05) is 0 Å². The van der Waals surface area contributed by atoms with Crippen molar-refractivity contribution >= 4 is 44.5 Å². The van der Waals surface area contributed by atoms with Crippen molar-refractivity contribution in [3.05, 3.63) is 102 Å². The summed E-state index contributed by atoms with van der Waals surface area (Å²) in [6.45, 7) is -0.599. The number of hydrogen-bond donors (Lipinski definition) is 3. The number of carbonyl (C=O) groups is 4. The third-order valence-electron chi connectivity index (χ3n) is 6.74. The summed E-state index contributed by atoms with van der Waals surface area (Å²) < 4.78 is 32.4. The van der Waals surface area contributed by atoms with Crippen LogP contribution in [0, 0.1) is 0 Å². The number of para-hydroxylation sites is 2. The van der Waals surface area contributed by atoms with Gasteiger partial charge in [-0.2, -0.15) is 0 Å². The Morgan fingerprint density at radius 1 is 0.837 bits per heavy atom. The first-order valence-electron chi connectivity index (χ1n) is 13.6. The van der Waals surface area contributed by atoms with E-state index in [0.717, 1.165) is 0 Å². The van der Waals surface area contributed by atoms with E-state index < -0.39 is 63.3 Å². The largest absolute Gasteiger partial charge is 0.481 e. The second-order valence-electron chi connectivity index (χ2n) is 9.87. The molecule has 0 aliphatic heterocycles. The molecule has 0 saturated carbocycles. The molecule has 4 rings (SSSR count). The van der Waals surface area contributed by atoms with Gasteiger partial charge in [0.25, 0.3) is 5.89 Å². The number of oxazole rings is 1. The monoisotopic (exact) mass is 605 g/mol. The molecule has 4 aromatic rings. The molecule has 11 nitrogen and oxygen atoms in total. The molecule has 0 bridgehead atoms. The fourth-order valence-electron chi connectivity index (χ4n) is 4.52. The summed E-state index contributed by atoms with van der Waals surface area (Å²) in [4.78, 5) is 54.1. The van der Waals surface area contributed by atoms with E-state index in [1.165, 1.54) is 0 Å². The predicted molar refractivity (Wildman–Crippen MR) is 158 cm³/mol. The molecule has 0 aliphatic rings. The zero-order valence-corrected chi connectivity index (χ0v) is 24.0. The molecule has 3 N–H and O–H groups in total. The van der Waals surface area contributed by atoms with Crippen molar-refractivity contribution < 1.29 is 37.1 Å². The number of fused-ring (bicyclic) bond motifs is 1. The van der Waals surface area contributed by atoms with Crippen LogP contribution in [0.3, 0.4) is 0 Å². The lowest BCUT2D eigenvalue weighted by Crippen LogP contribution is -2.48. The Morgan fingerprint density at radius 2 is 1.49 bits per heavy atom. The molecule has 1 heterocycles. The van der Waals surface area contributed by atoms with Gasteiger partial charge >= 0.3 is 5.97 Å². The van der Waals surface area contributed by atoms with Gasteiger partial charge in [0.05, 0.1) is 18.1 Å². The number of Topliss-reactive ketones (excluding diaryl/α,β-unsaturated/α-hetero) is 1. The Kier molecular flexibility index (Phi) is 10.4. The van der Waals surface area contributed by atoms with Crippen molar-refractivity contribution in [1.82, 2.24) is 15.6 Å². The third kappa shape index (κ3) is 8.58. The minimum Gasteiger partial charge on any atom is -0.481 e. The number of rotatable bonds is 15.